The van der Waals surface area contributed by atoms with Crippen molar-refractivity contribution in [1.82, 2.24) is 0 Å². The van der Waals surface area contributed by atoms with Crippen molar-refractivity contribution in [3.8, 4) is 0 Å². The molecule has 88 valence electrons. The molecule has 2 atom stereocenters. The lowest BCUT2D eigenvalue weighted by Gasteiger charge is -2.23. The largest absolute Gasteiger partial charge is 0.381 e. The van der Waals surface area contributed by atoms with Crippen LogP contribution in [-0.4, -0.2) is 13.2 Å². The SMILES string of the molecule is NC(c1ccccc1Cl)C1CCCOCC1. The molecule has 0 amide bonds. The summed E-state index contributed by atoms with van der Waals surface area (Å²) in [6.45, 7) is 1.69. The Morgan fingerprint density at radius 1 is 1.25 bits per heavy atom. The highest BCUT2D eigenvalue weighted by Crippen LogP contribution is 2.31. The van der Waals surface area contributed by atoms with Crippen molar-refractivity contribution in [3.05, 3.63) is 34.9 Å². The van der Waals surface area contributed by atoms with Crippen molar-refractivity contribution >= 4 is 11.6 Å². The number of halogens is 1. The van der Waals surface area contributed by atoms with E-state index >= 15 is 0 Å². The van der Waals surface area contributed by atoms with Crippen LogP contribution in [0.1, 0.15) is 30.9 Å². The van der Waals surface area contributed by atoms with Crippen molar-refractivity contribution in [2.24, 2.45) is 11.7 Å². The molecule has 16 heavy (non-hydrogen) atoms. The Bertz CT molecular complexity index is 334. The molecule has 1 heterocycles. The number of nitrogens with two attached hydrogens (primary N) is 1. The first kappa shape index (κ1) is 11.9. The van der Waals surface area contributed by atoms with Gasteiger partial charge in [0.05, 0.1) is 0 Å². The van der Waals surface area contributed by atoms with Crippen LogP contribution in [0.15, 0.2) is 24.3 Å². The van der Waals surface area contributed by atoms with Crippen LogP contribution >= 0.6 is 11.6 Å². The molecule has 2 N–H and O–H groups in total. The molecule has 0 aliphatic carbocycles. The molecular weight excluding hydrogens is 222 g/mol. The highest BCUT2D eigenvalue weighted by atomic mass is 35.5. The monoisotopic (exact) mass is 239 g/mol. The molecule has 1 aliphatic heterocycles. The zero-order chi connectivity index (χ0) is 11.4. The van der Waals surface area contributed by atoms with Crippen LogP contribution in [0.25, 0.3) is 0 Å². The van der Waals surface area contributed by atoms with E-state index < -0.39 is 0 Å². The third kappa shape index (κ3) is 2.76. The summed E-state index contributed by atoms with van der Waals surface area (Å²) in [5.41, 5.74) is 7.37. The summed E-state index contributed by atoms with van der Waals surface area (Å²) >= 11 is 6.17. The van der Waals surface area contributed by atoms with Crippen LogP contribution in [0.4, 0.5) is 0 Å². The number of rotatable bonds is 2. The van der Waals surface area contributed by atoms with Crippen molar-refractivity contribution in [2.45, 2.75) is 25.3 Å². The average molecular weight is 240 g/mol. The summed E-state index contributed by atoms with van der Waals surface area (Å²) in [5, 5.41) is 0.778. The quantitative estimate of drug-likeness (QED) is 0.861. The normalized spacial score (nSPS) is 23.8. The maximum atomic E-state index is 6.30. The number of benzene rings is 1. The zero-order valence-corrected chi connectivity index (χ0v) is 10.1. The molecule has 1 aromatic carbocycles. The summed E-state index contributed by atoms with van der Waals surface area (Å²) < 4.78 is 5.45. The Kier molecular flexibility index (Phi) is 4.22. The number of hydrogen-bond acceptors (Lipinski definition) is 2. The Morgan fingerprint density at radius 3 is 2.88 bits per heavy atom. The van der Waals surface area contributed by atoms with Gasteiger partial charge in [0.15, 0.2) is 0 Å². The topological polar surface area (TPSA) is 35.2 Å². The minimum absolute atomic E-state index is 0.0374. The van der Waals surface area contributed by atoms with Crippen LogP contribution in [0.5, 0.6) is 0 Å². The van der Waals surface area contributed by atoms with E-state index in [1.165, 1.54) is 0 Å². The molecule has 2 rings (SSSR count). The van der Waals surface area contributed by atoms with Crippen LogP contribution in [0.3, 0.4) is 0 Å². The minimum atomic E-state index is 0.0374. The van der Waals surface area contributed by atoms with E-state index in [1.54, 1.807) is 0 Å². The van der Waals surface area contributed by atoms with E-state index in [0.29, 0.717) is 5.92 Å². The molecule has 0 saturated carbocycles. The predicted octanol–water partition coefficient (Wildman–Crippen LogP) is 3.16. The molecule has 0 aromatic heterocycles. The van der Waals surface area contributed by atoms with Crippen molar-refractivity contribution < 1.29 is 4.74 Å². The molecule has 1 saturated heterocycles. The molecule has 0 bridgehead atoms. The summed E-state index contributed by atoms with van der Waals surface area (Å²) in [5.74, 6) is 0.488. The van der Waals surface area contributed by atoms with Crippen LogP contribution in [-0.2, 0) is 4.74 Å². The van der Waals surface area contributed by atoms with Crippen molar-refractivity contribution in [3.63, 3.8) is 0 Å². The van der Waals surface area contributed by atoms with Crippen molar-refractivity contribution in [2.75, 3.05) is 13.2 Å². The van der Waals surface area contributed by atoms with E-state index in [0.717, 1.165) is 43.1 Å². The first-order valence-electron chi connectivity index (χ1n) is 5.87. The Morgan fingerprint density at radius 2 is 2.06 bits per heavy atom. The lowest BCUT2D eigenvalue weighted by atomic mass is 9.88. The molecule has 2 nitrogen and oxygen atoms in total. The molecule has 1 aromatic rings. The second-order valence-corrected chi connectivity index (χ2v) is 4.76. The second-order valence-electron chi connectivity index (χ2n) is 4.35. The Hall–Kier alpha value is -0.570. The van der Waals surface area contributed by atoms with Gasteiger partial charge in [-0.15, -0.1) is 0 Å². The predicted molar refractivity (Wildman–Crippen MR) is 66.5 cm³/mol. The summed E-state index contributed by atoms with van der Waals surface area (Å²) in [4.78, 5) is 0. The van der Waals surface area contributed by atoms with Gasteiger partial charge < -0.3 is 10.5 Å². The van der Waals surface area contributed by atoms with Crippen LogP contribution < -0.4 is 5.73 Å². The third-order valence-corrected chi connectivity index (χ3v) is 3.61. The van der Waals surface area contributed by atoms with E-state index in [1.807, 2.05) is 24.3 Å². The fraction of sp³-hybridized carbons (Fsp3) is 0.538. The van der Waals surface area contributed by atoms with Crippen molar-refractivity contribution in [1.29, 1.82) is 0 Å². The maximum absolute atomic E-state index is 6.30. The van der Waals surface area contributed by atoms with Gasteiger partial charge in [0.25, 0.3) is 0 Å². The highest BCUT2D eigenvalue weighted by Gasteiger charge is 2.22. The maximum Gasteiger partial charge on any atom is 0.0469 e. The van der Waals surface area contributed by atoms with Gasteiger partial charge in [-0.1, -0.05) is 29.8 Å². The summed E-state index contributed by atoms with van der Waals surface area (Å²) in [6, 6.07) is 7.90. The molecule has 0 spiro atoms. The molecule has 1 fully saturated rings. The number of ether oxygens (including phenoxy) is 1. The van der Waals surface area contributed by atoms with Gasteiger partial charge in [0.2, 0.25) is 0 Å². The van der Waals surface area contributed by atoms with Gasteiger partial charge in [0.1, 0.15) is 0 Å². The number of hydrogen-bond donors (Lipinski definition) is 1. The van der Waals surface area contributed by atoms with Gasteiger partial charge in [-0.25, -0.2) is 0 Å². The Balaban J connectivity index is 2.11. The van der Waals surface area contributed by atoms with E-state index in [-0.39, 0.29) is 6.04 Å². The smallest absolute Gasteiger partial charge is 0.0469 e. The first-order valence-corrected chi connectivity index (χ1v) is 6.24. The molecule has 0 radical (unpaired) electrons. The second kappa shape index (κ2) is 5.67. The average Bonchev–Trinajstić information content (AvgIpc) is 2.57. The summed E-state index contributed by atoms with van der Waals surface area (Å²) in [6.07, 6.45) is 3.27. The lowest BCUT2D eigenvalue weighted by molar-refractivity contribution is 0.140. The summed E-state index contributed by atoms with van der Waals surface area (Å²) in [7, 11) is 0. The first-order chi connectivity index (χ1) is 7.79. The van der Waals surface area contributed by atoms with Gasteiger partial charge in [0, 0.05) is 24.3 Å². The molecule has 3 heteroatoms. The fourth-order valence-electron chi connectivity index (χ4n) is 2.29. The zero-order valence-electron chi connectivity index (χ0n) is 9.36. The molecule has 2 unspecified atom stereocenters. The van der Waals surface area contributed by atoms with Gasteiger partial charge in [-0.05, 0) is 36.8 Å². The third-order valence-electron chi connectivity index (χ3n) is 3.27. The minimum Gasteiger partial charge on any atom is -0.381 e. The Labute approximate surface area is 102 Å². The van der Waals surface area contributed by atoms with E-state index in [4.69, 9.17) is 22.1 Å². The lowest BCUT2D eigenvalue weighted by Crippen LogP contribution is -2.22. The van der Waals surface area contributed by atoms with Crippen LogP contribution in [0, 0.1) is 5.92 Å². The molecule has 1 aliphatic rings. The van der Waals surface area contributed by atoms with Gasteiger partial charge in [-0.2, -0.15) is 0 Å². The van der Waals surface area contributed by atoms with Gasteiger partial charge >= 0.3 is 0 Å². The standard InChI is InChI=1S/C13H18ClNO/c14-12-6-2-1-5-11(12)13(15)10-4-3-8-16-9-7-10/h1-2,5-6,10,13H,3-4,7-9,15H2. The highest BCUT2D eigenvalue weighted by molar-refractivity contribution is 6.31. The van der Waals surface area contributed by atoms with Gasteiger partial charge in [-0.3, -0.25) is 0 Å². The van der Waals surface area contributed by atoms with Crippen LogP contribution in [0.2, 0.25) is 5.02 Å². The molecular formula is C13H18ClNO. The fourth-order valence-corrected chi connectivity index (χ4v) is 2.55. The van der Waals surface area contributed by atoms with E-state index in [2.05, 4.69) is 0 Å². The van der Waals surface area contributed by atoms with E-state index in [9.17, 15) is 0 Å².